The lowest BCUT2D eigenvalue weighted by molar-refractivity contribution is -0.120. The van der Waals surface area contributed by atoms with Crippen molar-refractivity contribution >= 4 is 23.1 Å². The van der Waals surface area contributed by atoms with E-state index < -0.39 is 0 Å². The van der Waals surface area contributed by atoms with Gasteiger partial charge in [0.25, 0.3) is 5.91 Å². The van der Waals surface area contributed by atoms with Crippen LogP contribution in [-0.4, -0.2) is 17.4 Å². The molecule has 28 heavy (non-hydrogen) atoms. The highest BCUT2D eigenvalue weighted by Gasteiger charge is 2.43. The van der Waals surface area contributed by atoms with Gasteiger partial charge in [0, 0.05) is 22.8 Å². The zero-order chi connectivity index (χ0) is 20.9. The number of hydrazone groups is 1. The van der Waals surface area contributed by atoms with Crippen molar-refractivity contribution in [1.29, 1.82) is 0 Å². The normalized spacial score (nSPS) is 21.6. The molecule has 1 heterocycles. The van der Waals surface area contributed by atoms with E-state index in [1.54, 1.807) is 0 Å². The molecule has 1 unspecified atom stereocenters. The van der Waals surface area contributed by atoms with Crippen LogP contribution in [0.25, 0.3) is 0 Å². The third-order valence-corrected chi connectivity index (χ3v) is 5.39. The fourth-order valence-electron chi connectivity index (χ4n) is 3.88. The summed E-state index contributed by atoms with van der Waals surface area (Å²) in [7, 11) is 0. The van der Waals surface area contributed by atoms with E-state index in [4.69, 9.17) is 0 Å². The number of para-hydroxylation sites is 1. The third-order valence-electron chi connectivity index (χ3n) is 5.39. The maximum atomic E-state index is 13.3. The summed E-state index contributed by atoms with van der Waals surface area (Å²) in [4.78, 5) is 26.4. The van der Waals surface area contributed by atoms with Crippen LogP contribution in [0.3, 0.4) is 0 Å². The molecular weight excluding hydrogens is 348 g/mol. The fourth-order valence-corrected chi connectivity index (χ4v) is 3.88. The molecular formula is C24H30N2O2. The minimum Gasteiger partial charge on any atom is -0.289 e. The van der Waals surface area contributed by atoms with Crippen LogP contribution < -0.4 is 5.01 Å². The molecule has 0 bridgehead atoms. The van der Waals surface area contributed by atoms with Crippen LogP contribution in [0.4, 0.5) is 5.69 Å². The third kappa shape index (κ3) is 3.60. The van der Waals surface area contributed by atoms with Crippen molar-refractivity contribution in [3.05, 3.63) is 53.6 Å². The van der Waals surface area contributed by atoms with Crippen molar-refractivity contribution in [3.63, 3.8) is 0 Å². The first kappa shape index (κ1) is 20.2. The van der Waals surface area contributed by atoms with Gasteiger partial charge in [-0.25, -0.2) is 5.01 Å². The number of hydrogen-bond donors (Lipinski definition) is 0. The Morgan fingerprint density at radius 1 is 0.857 bits per heavy atom. The summed E-state index contributed by atoms with van der Waals surface area (Å²) in [6, 6.07) is 9.48. The lowest BCUT2D eigenvalue weighted by Crippen LogP contribution is -2.36. The minimum atomic E-state index is -0.386. The van der Waals surface area contributed by atoms with Gasteiger partial charge >= 0.3 is 0 Å². The topological polar surface area (TPSA) is 49.7 Å². The maximum Gasteiger partial charge on any atom is 0.257 e. The summed E-state index contributed by atoms with van der Waals surface area (Å²) < 4.78 is 0. The number of ketones is 1. The number of amides is 1. The van der Waals surface area contributed by atoms with Gasteiger partial charge in [0.2, 0.25) is 0 Å². The molecule has 4 nitrogen and oxygen atoms in total. The van der Waals surface area contributed by atoms with Gasteiger partial charge in [-0.3, -0.25) is 9.59 Å². The monoisotopic (exact) mass is 378 g/mol. The Hall–Kier alpha value is -2.49. The van der Waals surface area contributed by atoms with E-state index in [2.05, 4.69) is 5.10 Å². The quantitative estimate of drug-likeness (QED) is 0.713. The molecule has 0 spiro atoms. The van der Waals surface area contributed by atoms with Gasteiger partial charge in [-0.2, -0.15) is 5.10 Å². The summed E-state index contributed by atoms with van der Waals surface area (Å²) in [5, 5.41) is 6.04. The molecule has 0 saturated carbocycles. The molecule has 0 radical (unpaired) electrons. The average molecular weight is 379 g/mol. The molecule has 1 atom stereocenters. The molecule has 1 aromatic carbocycles. The second-order valence-electron chi connectivity index (χ2n) is 9.77. The van der Waals surface area contributed by atoms with Crippen LogP contribution in [0, 0.1) is 22.7 Å². The first-order valence-corrected chi connectivity index (χ1v) is 9.84. The number of anilines is 1. The predicted molar refractivity (Wildman–Crippen MR) is 114 cm³/mol. The number of nitrogens with zero attached hydrogens (tertiary/aromatic N) is 2. The zero-order valence-electron chi connectivity index (χ0n) is 17.9. The number of Topliss-reactive ketones (excluding diaryl/α,β-unsaturated/α-hetero) is 1. The number of carbonyl (C=O) groups is 2. The molecule has 4 heteroatoms. The smallest absolute Gasteiger partial charge is 0.257 e. The van der Waals surface area contributed by atoms with E-state index in [9.17, 15) is 9.59 Å². The highest BCUT2D eigenvalue weighted by Crippen LogP contribution is 2.42. The van der Waals surface area contributed by atoms with Gasteiger partial charge in [0.15, 0.2) is 5.78 Å². The van der Waals surface area contributed by atoms with Gasteiger partial charge in [-0.15, -0.1) is 0 Å². The van der Waals surface area contributed by atoms with Crippen LogP contribution in [0.5, 0.6) is 0 Å². The number of allylic oxidation sites excluding steroid dienone is 4. The molecule has 0 saturated heterocycles. The summed E-state index contributed by atoms with van der Waals surface area (Å²) in [5.74, 6) is -0.512. The van der Waals surface area contributed by atoms with Gasteiger partial charge in [-0.1, -0.05) is 71.9 Å². The van der Waals surface area contributed by atoms with Crippen molar-refractivity contribution in [2.45, 2.75) is 48.5 Å². The van der Waals surface area contributed by atoms with Crippen LogP contribution in [-0.2, 0) is 9.59 Å². The second kappa shape index (κ2) is 6.84. The van der Waals surface area contributed by atoms with E-state index in [1.807, 2.05) is 91.0 Å². The molecule has 0 N–H and O–H groups in total. The zero-order valence-corrected chi connectivity index (χ0v) is 17.9. The van der Waals surface area contributed by atoms with Crippen molar-refractivity contribution in [2.24, 2.45) is 27.8 Å². The van der Waals surface area contributed by atoms with Crippen LogP contribution >= 0.6 is 0 Å². The molecule has 1 aliphatic heterocycles. The van der Waals surface area contributed by atoms with E-state index in [0.717, 1.165) is 22.5 Å². The molecule has 1 aromatic rings. The van der Waals surface area contributed by atoms with Crippen LogP contribution in [0.1, 0.15) is 48.5 Å². The van der Waals surface area contributed by atoms with Crippen molar-refractivity contribution in [1.82, 2.24) is 0 Å². The maximum absolute atomic E-state index is 13.3. The Morgan fingerprint density at radius 3 is 1.82 bits per heavy atom. The van der Waals surface area contributed by atoms with E-state index >= 15 is 0 Å². The summed E-state index contributed by atoms with van der Waals surface area (Å²) in [6.45, 7) is 14.2. The van der Waals surface area contributed by atoms with E-state index in [-0.39, 0.29) is 34.4 Å². The van der Waals surface area contributed by atoms with E-state index in [1.165, 1.54) is 5.01 Å². The van der Waals surface area contributed by atoms with Crippen LogP contribution in [0.15, 0.2) is 58.7 Å². The molecule has 1 aliphatic carbocycles. The Balaban J connectivity index is 2.05. The number of benzene rings is 1. The van der Waals surface area contributed by atoms with Crippen molar-refractivity contribution in [2.75, 3.05) is 5.01 Å². The largest absolute Gasteiger partial charge is 0.289 e. The van der Waals surface area contributed by atoms with Crippen LogP contribution in [0.2, 0.25) is 0 Å². The summed E-state index contributed by atoms with van der Waals surface area (Å²) in [6.07, 6.45) is 3.99. The lowest BCUT2D eigenvalue weighted by atomic mass is 9.68. The van der Waals surface area contributed by atoms with Gasteiger partial charge in [0.05, 0.1) is 11.6 Å². The van der Waals surface area contributed by atoms with Crippen molar-refractivity contribution < 1.29 is 9.59 Å². The lowest BCUT2D eigenvalue weighted by Gasteiger charge is -2.34. The number of hydrogen-bond acceptors (Lipinski definition) is 3. The molecule has 2 aliphatic rings. The Labute approximate surface area is 168 Å². The first-order chi connectivity index (χ1) is 12.9. The van der Waals surface area contributed by atoms with E-state index in [0.29, 0.717) is 0 Å². The molecule has 3 rings (SSSR count). The number of carbonyl (C=O) groups excluding carboxylic acids is 2. The fraction of sp³-hybridized carbons (Fsp3) is 0.458. The molecule has 0 fully saturated rings. The van der Waals surface area contributed by atoms with Crippen molar-refractivity contribution in [3.8, 4) is 0 Å². The molecule has 0 aromatic heterocycles. The second-order valence-corrected chi connectivity index (χ2v) is 9.77. The van der Waals surface area contributed by atoms with Gasteiger partial charge in [-0.05, 0) is 29.9 Å². The highest BCUT2D eigenvalue weighted by molar-refractivity contribution is 6.16. The molecule has 1 amide bonds. The SMILES string of the molecule is CC1=NN(c2ccccc2)C(=O)C1C1C=C(C(C)(C)C)C(=O)C(C(C)(C)C)=C1. The van der Waals surface area contributed by atoms with Gasteiger partial charge in [0.1, 0.15) is 0 Å². The summed E-state index contributed by atoms with van der Waals surface area (Å²) in [5.41, 5.74) is 2.54. The Morgan fingerprint density at radius 2 is 1.36 bits per heavy atom. The Kier molecular flexibility index (Phi) is 4.95. The van der Waals surface area contributed by atoms with Gasteiger partial charge < -0.3 is 0 Å². The average Bonchev–Trinajstić information content (AvgIpc) is 2.88. The predicted octanol–water partition coefficient (Wildman–Crippen LogP) is 5.17. The highest BCUT2D eigenvalue weighted by atomic mass is 16.2. The molecule has 148 valence electrons. The summed E-state index contributed by atoms with van der Waals surface area (Å²) >= 11 is 0. The standard InChI is InChI=1S/C24H30N2O2/c1-15-20(22(28)26(25-15)17-11-9-8-10-12-17)16-13-18(23(2,3)4)21(27)19(14-16)24(5,6)7/h8-14,16,20H,1-7H3. The number of rotatable bonds is 2. The Bertz CT molecular complexity index is 859. The first-order valence-electron chi connectivity index (χ1n) is 9.84. The minimum absolute atomic E-state index is 0.0444.